The van der Waals surface area contributed by atoms with Crippen LogP contribution in [0.5, 0.6) is 0 Å². The molecule has 0 bridgehead atoms. The molecule has 1 unspecified atom stereocenters. The van der Waals surface area contributed by atoms with Crippen LogP contribution in [-0.2, 0) is 4.43 Å². The molecule has 0 fully saturated rings. The molecule has 1 aliphatic heterocycles. The SMILES string of the molecule is Cc1ccc(C(=O)N2CCCC(O)c3cc(CI)ccc32)c(C)c1. The summed E-state index contributed by atoms with van der Waals surface area (Å²) >= 11 is 2.32. The Morgan fingerprint density at radius 2 is 2.04 bits per heavy atom. The summed E-state index contributed by atoms with van der Waals surface area (Å²) < 4.78 is 0.892. The Balaban J connectivity index is 2.05. The number of anilines is 1. The average molecular weight is 435 g/mol. The third kappa shape index (κ3) is 3.35. The molecule has 1 aliphatic rings. The molecule has 1 heterocycles. The first-order valence-corrected chi connectivity index (χ1v) is 9.80. The Hall–Kier alpha value is -1.40. The molecule has 0 saturated carbocycles. The fourth-order valence-electron chi connectivity index (χ4n) is 3.33. The van der Waals surface area contributed by atoms with E-state index in [0.29, 0.717) is 13.0 Å². The zero-order chi connectivity index (χ0) is 17.3. The molecule has 3 nitrogen and oxygen atoms in total. The van der Waals surface area contributed by atoms with Gasteiger partial charge in [-0.15, -0.1) is 0 Å². The van der Waals surface area contributed by atoms with E-state index in [1.165, 1.54) is 5.56 Å². The molecule has 1 amide bonds. The van der Waals surface area contributed by atoms with Gasteiger partial charge < -0.3 is 10.0 Å². The van der Waals surface area contributed by atoms with Gasteiger partial charge in [0.1, 0.15) is 0 Å². The lowest BCUT2D eigenvalue weighted by Gasteiger charge is -2.24. The van der Waals surface area contributed by atoms with Crippen LogP contribution in [0, 0.1) is 13.8 Å². The van der Waals surface area contributed by atoms with Gasteiger partial charge in [0, 0.05) is 27.8 Å². The molecule has 1 atom stereocenters. The molecule has 126 valence electrons. The van der Waals surface area contributed by atoms with Gasteiger partial charge in [-0.3, -0.25) is 4.79 Å². The molecule has 4 heteroatoms. The van der Waals surface area contributed by atoms with Crippen molar-refractivity contribution in [2.24, 2.45) is 0 Å². The molecule has 24 heavy (non-hydrogen) atoms. The molecule has 0 aromatic heterocycles. The Kier molecular flexibility index (Phi) is 5.25. The molecular formula is C20H22INO2. The van der Waals surface area contributed by atoms with E-state index in [-0.39, 0.29) is 5.91 Å². The minimum absolute atomic E-state index is 0.0186. The minimum Gasteiger partial charge on any atom is -0.388 e. The van der Waals surface area contributed by atoms with Crippen LogP contribution in [0.25, 0.3) is 0 Å². The lowest BCUT2D eigenvalue weighted by atomic mass is 10.0. The lowest BCUT2D eigenvalue weighted by Crippen LogP contribution is -2.32. The van der Waals surface area contributed by atoms with Crippen molar-refractivity contribution in [3.8, 4) is 0 Å². The van der Waals surface area contributed by atoms with E-state index >= 15 is 0 Å². The number of fused-ring (bicyclic) bond motifs is 1. The zero-order valence-electron chi connectivity index (χ0n) is 14.1. The fraction of sp³-hybridized carbons (Fsp3) is 0.350. The smallest absolute Gasteiger partial charge is 0.258 e. The summed E-state index contributed by atoms with van der Waals surface area (Å²) in [6.45, 7) is 4.65. The Labute approximate surface area is 156 Å². The summed E-state index contributed by atoms with van der Waals surface area (Å²) in [6.07, 6.45) is 0.986. The summed E-state index contributed by atoms with van der Waals surface area (Å²) in [4.78, 5) is 15.0. The second-order valence-electron chi connectivity index (χ2n) is 6.46. The van der Waals surface area contributed by atoms with E-state index in [1.807, 2.05) is 55.1 Å². The van der Waals surface area contributed by atoms with E-state index < -0.39 is 6.10 Å². The largest absolute Gasteiger partial charge is 0.388 e. The fourth-order valence-corrected chi connectivity index (χ4v) is 3.80. The van der Waals surface area contributed by atoms with Crippen LogP contribution < -0.4 is 4.90 Å². The molecule has 2 aromatic carbocycles. The number of aliphatic hydroxyl groups is 1. The number of hydrogen-bond donors (Lipinski definition) is 1. The number of carbonyl (C=O) groups is 1. The molecule has 0 radical (unpaired) electrons. The third-order valence-electron chi connectivity index (χ3n) is 4.61. The predicted octanol–water partition coefficient (Wildman–Crippen LogP) is 4.71. The van der Waals surface area contributed by atoms with Crippen LogP contribution >= 0.6 is 22.6 Å². The maximum atomic E-state index is 13.2. The quantitative estimate of drug-likeness (QED) is 0.548. The van der Waals surface area contributed by atoms with Gasteiger partial charge in [0.05, 0.1) is 6.10 Å². The van der Waals surface area contributed by atoms with E-state index in [9.17, 15) is 9.90 Å². The summed E-state index contributed by atoms with van der Waals surface area (Å²) in [7, 11) is 0. The summed E-state index contributed by atoms with van der Waals surface area (Å²) in [5, 5.41) is 10.5. The van der Waals surface area contributed by atoms with Crippen molar-refractivity contribution < 1.29 is 9.90 Å². The molecule has 0 aliphatic carbocycles. The van der Waals surface area contributed by atoms with Gasteiger partial charge in [0.15, 0.2) is 0 Å². The minimum atomic E-state index is -0.500. The second-order valence-corrected chi connectivity index (χ2v) is 7.22. The number of alkyl halides is 1. The molecule has 2 aromatic rings. The normalized spacial score (nSPS) is 17.3. The van der Waals surface area contributed by atoms with Gasteiger partial charge in [-0.25, -0.2) is 0 Å². The van der Waals surface area contributed by atoms with Gasteiger partial charge >= 0.3 is 0 Å². The number of nitrogens with zero attached hydrogens (tertiary/aromatic N) is 1. The summed E-state index contributed by atoms with van der Waals surface area (Å²) in [6, 6.07) is 12.0. The van der Waals surface area contributed by atoms with E-state index in [4.69, 9.17) is 0 Å². The Bertz CT molecular complexity index is 772. The number of halogens is 1. The number of amides is 1. The second kappa shape index (κ2) is 7.23. The van der Waals surface area contributed by atoms with Crippen molar-refractivity contribution in [1.82, 2.24) is 0 Å². The lowest BCUT2D eigenvalue weighted by molar-refractivity contribution is 0.0986. The highest BCUT2D eigenvalue weighted by Gasteiger charge is 2.27. The standard InChI is InChI=1S/C20H22INO2/c1-13-5-7-16(14(2)10-13)20(24)22-9-3-4-19(23)17-11-15(12-21)6-8-18(17)22/h5-8,10-11,19,23H,3-4,9,12H2,1-2H3. The van der Waals surface area contributed by atoms with Crippen LogP contribution in [-0.4, -0.2) is 17.6 Å². The molecular weight excluding hydrogens is 413 g/mol. The molecule has 0 saturated heterocycles. The van der Waals surface area contributed by atoms with E-state index in [1.54, 1.807) is 0 Å². The van der Waals surface area contributed by atoms with Gasteiger partial charge in [-0.05, 0) is 49.9 Å². The number of carbonyl (C=O) groups excluding carboxylic acids is 1. The highest BCUT2D eigenvalue weighted by atomic mass is 127. The maximum Gasteiger partial charge on any atom is 0.258 e. The van der Waals surface area contributed by atoms with Crippen molar-refractivity contribution in [3.05, 3.63) is 64.2 Å². The van der Waals surface area contributed by atoms with E-state index in [0.717, 1.165) is 38.8 Å². The molecule has 1 N–H and O–H groups in total. The average Bonchev–Trinajstić information content (AvgIpc) is 2.73. The van der Waals surface area contributed by atoms with Crippen LogP contribution in [0.4, 0.5) is 5.69 Å². The Morgan fingerprint density at radius 1 is 1.25 bits per heavy atom. The highest BCUT2D eigenvalue weighted by molar-refractivity contribution is 14.1. The van der Waals surface area contributed by atoms with E-state index in [2.05, 4.69) is 22.6 Å². The first kappa shape index (κ1) is 17.4. The highest BCUT2D eigenvalue weighted by Crippen LogP contribution is 2.35. The Morgan fingerprint density at radius 3 is 2.75 bits per heavy atom. The number of rotatable bonds is 2. The number of aliphatic hydroxyl groups excluding tert-OH is 1. The first-order chi connectivity index (χ1) is 11.5. The number of aryl methyl sites for hydroxylation is 2. The van der Waals surface area contributed by atoms with Crippen LogP contribution in [0.2, 0.25) is 0 Å². The zero-order valence-corrected chi connectivity index (χ0v) is 16.2. The topological polar surface area (TPSA) is 40.5 Å². The monoisotopic (exact) mass is 435 g/mol. The molecule has 3 rings (SSSR count). The van der Waals surface area contributed by atoms with Crippen molar-refractivity contribution in [2.75, 3.05) is 11.4 Å². The van der Waals surface area contributed by atoms with Gasteiger partial charge in [-0.2, -0.15) is 0 Å². The predicted molar refractivity (Wildman–Crippen MR) is 106 cm³/mol. The van der Waals surface area contributed by atoms with Gasteiger partial charge in [0.2, 0.25) is 0 Å². The van der Waals surface area contributed by atoms with Crippen LogP contribution in [0.15, 0.2) is 36.4 Å². The summed E-state index contributed by atoms with van der Waals surface area (Å²) in [5.74, 6) is 0.0186. The number of benzene rings is 2. The molecule has 0 spiro atoms. The van der Waals surface area contributed by atoms with Crippen LogP contribution in [0.1, 0.15) is 51.6 Å². The maximum absolute atomic E-state index is 13.2. The van der Waals surface area contributed by atoms with Crippen molar-refractivity contribution >= 4 is 34.2 Å². The first-order valence-electron chi connectivity index (χ1n) is 8.27. The van der Waals surface area contributed by atoms with Gasteiger partial charge in [-0.1, -0.05) is 52.4 Å². The van der Waals surface area contributed by atoms with Crippen molar-refractivity contribution in [3.63, 3.8) is 0 Å². The van der Waals surface area contributed by atoms with Gasteiger partial charge in [0.25, 0.3) is 5.91 Å². The van der Waals surface area contributed by atoms with Crippen molar-refractivity contribution in [1.29, 1.82) is 0 Å². The summed E-state index contributed by atoms with van der Waals surface area (Å²) in [5.41, 5.74) is 5.78. The number of hydrogen-bond acceptors (Lipinski definition) is 2. The third-order valence-corrected chi connectivity index (χ3v) is 5.49. The van der Waals surface area contributed by atoms with Crippen molar-refractivity contribution in [2.45, 2.75) is 37.2 Å². The van der Waals surface area contributed by atoms with Crippen LogP contribution in [0.3, 0.4) is 0 Å².